The van der Waals surface area contributed by atoms with Crippen molar-refractivity contribution < 1.29 is 15.1 Å². The van der Waals surface area contributed by atoms with Crippen molar-refractivity contribution in [3.05, 3.63) is 113 Å². The molecule has 170 valence electrons. The largest absolute Gasteiger partial charge is 0.478 e. The first-order chi connectivity index (χ1) is 16.5. The molecule has 0 radical (unpaired) electrons. The minimum Gasteiger partial charge on any atom is -0.478 e. The quantitative estimate of drug-likeness (QED) is 0.190. The molecule has 0 atom stereocenters. The van der Waals surface area contributed by atoms with Crippen molar-refractivity contribution in [3.63, 3.8) is 0 Å². The Labute approximate surface area is 199 Å². The van der Waals surface area contributed by atoms with Crippen LogP contribution in [0, 0.1) is 13.8 Å². The van der Waals surface area contributed by atoms with Crippen molar-refractivity contribution in [1.29, 1.82) is 0 Å². The minimum atomic E-state index is -0.931. The van der Waals surface area contributed by atoms with Crippen LogP contribution >= 0.6 is 0 Å². The lowest BCUT2D eigenvalue weighted by Crippen LogP contribution is -2.06. The summed E-state index contributed by atoms with van der Waals surface area (Å²) in [5.74, 6) is -0.931. The Balaban J connectivity index is 1.49. The van der Waals surface area contributed by atoms with Gasteiger partial charge in [-0.15, -0.1) is 0 Å². The van der Waals surface area contributed by atoms with E-state index in [0.29, 0.717) is 12.1 Å². The van der Waals surface area contributed by atoms with Crippen LogP contribution in [0.2, 0.25) is 0 Å². The fraction of sp³-hybridized carbons (Fsp3) is 0.138. The van der Waals surface area contributed by atoms with Gasteiger partial charge in [0.2, 0.25) is 0 Å². The highest BCUT2D eigenvalue weighted by Gasteiger charge is 2.13. The van der Waals surface area contributed by atoms with E-state index in [1.165, 1.54) is 0 Å². The summed E-state index contributed by atoms with van der Waals surface area (Å²) in [6, 6.07) is 25.1. The van der Waals surface area contributed by atoms with E-state index in [1.807, 2.05) is 55.6 Å². The van der Waals surface area contributed by atoms with Crippen molar-refractivity contribution in [1.82, 2.24) is 4.98 Å². The van der Waals surface area contributed by atoms with Crippen LogP contribution in [-0.4, -0.2) is 27.0 Å². The van der Waals surface area contributed by atoms with Gasteiger partial charge in [0, 0.05) is 17.5 Å². The molecule has 0 bridgehead atoms. The van der Waals surface area contributed by atoms with Gasteiger partial charge in [-0.3, -0.25) is 4.98 Å². The van der Waals surface area contributed by atoms with Crippen LogP contribution in [0.25, 0.3) is 22.3 Å². The number of aromatic nitrogens is 1. The predicted molar refractivity (Wildman–Crippen MR) is 135 cm³/mol. The van der Waals surface area contributed by atoms with Crippen LogP contribution in [0.1, 0.15) is 39.2 Å². The molecule has 4 aromatic rings. The molecule has 34 heavy (non-hydrogen) atoms. The van der Waals surface area contributed by atoms with Crippen LogP contribution in [0.5, 0.6) is 0 Å². The molecule has 0 unspecified atom stereocenters. The summed E-state index contributed by atoms with van der Waals surface area (Å²) >= 11 is 0. The second-order valence-corrected chi connectivity index (χ2v) is 8.29. The summed E-state index contributed by atoms with van der Waals surface area (Å²) < 4.78 is 0. The van der Waals surface area contributed by atoms with Gasteiger partial charge in [0.05, 0.1) is 11.3 Å². The molecule has 5 nitrogen and oxygen atoms in total. The van der Waals surface area contributed by atoms with Gasteiger partial charge < -0.3 is 10.3 Å². The van der Waals surface area contributed by atoms with E-state index in [-0.39, 0.29) is 5.56 Å². The molecule has 4 rings (SSSR count). The zero-order chi connectivity index (χ0) is 24.1. The number of carboxylic acids is 1. The monoisotopic (exact) mass is 450 g/mol. The van der Waals surface area contributed by atoms with E-state index < -0.39 is 5.97 Å². The van der Waals surface area contributed by atoms with Crippen molar-refractivity contribution in [2.24, 2.45) is 5.16 Å². The van der Waals surface area contributed by atoms with E-state index in [1.54, 1.807) is 12.1 Å². The first-order valence-electron chi connectivity index (χ1n) is 11.1. The lowest BCUT2D eigenvalue weighted by Gasteiger charge is -2.13. The van der Waals surface area contributed by atoms with E-state index in [0.717, 1.165) is 51.1 Å². The van der Waals surface area contributed by atoms with Gasteiger partial charge in [0.15, 0.2) is 0 Å². The van der Waals surface area contributed by atoms with Gasteiger partial charge in [-0.2, -0.15) is 0 Å². The van der Waals surface area contributed by atoms with Crippen LogP contribution in [0.15, 0.2) is 90.2 Å². The SMILES string of the molecule is Cc1cc(-c2cccc(/C(CCc3ccc(-c4ccc(C(=O)O)cc4)cc3)=N\O)c2C)ccn1. The molecule has 2 N–H and O–H groups in total. The Bertz CT molecular complexity index is 1340. The highest BCUT2D eigenvalue weighted by molar-refractivity contribution is 6.02. The second-order valence-electron chi connectivity index (χ2n) is 8.29. The number of carboxylic acid groups (broad SMARTS) is 1. The number of rotatable bonds is 7. The lowest BCUT2D eigenvalue weighted by atomic mass is 9.92. The molecule has 3 aromatic carbocycles. The number of aromatic carboxylic acids is 1. The summed E-state index contributed by atoms with van der Waals surface area (Å²) in [6.07, 6.45) is 3.14. The maximum absolute atomic E-state index is 11.0. The standard InChI is InChI=1S/C29H26N2O3/c1-19-18-25(16-17-30-19)26-4-3-5-27(20(26)2)28(31-34)15-8-21-6-9-22(10-7-21)23-11-13-24(14-12-23)29(32)33/h3-7,9-14,16-18,34H,8,15H2,1-2H3,(H,32,33)/b31-28-. The van der Waals surface area contributed by atoms with Crippen LogP contribution in [-0.2, 0) is 6.42 Å². The van der Waals surface area contributed by atoms with E-state index in [2.05, 4.69) is 41.3 Å². The van der Waals surface area contributed by atoms with Crippen molar-refractivity contribution >= 4 is 11.7 Å². The molecule has 0 aliphatic heterocycles. The van der Waals surface area contributed by atoms with Gasteiger partial charge in [-0.25, -0.2) is 4.79 Å². The summed E-state index contributed by atoms with van der Waals surface area (Å²) in [7, 11) is 0. The maximum Gasteiger partial charge on any atom is 0.335 e. The number of hydrogen-bond donors (Lipinski definition) is 2. The Morgan fingerprint density at radius 1 is 0.882 bits per heavy atom. The fourth-order valence-corrected chi connectivity index (χ4v) is 4.14. The normalized spacial score (nSPS) is 11.4. The molecule has 0 aliphatic rings. The van der Waals surface area contributed by atoms with Crippen LogP contribution < -0.4 is 0 Å². The maximum atomic E-state index is 11.0. The van der Waals surface area contributed by atoms with E-state index in [4.69, 9.17) is 5.11 Å². The Morgan fingerprint density at radius 3 is 2.18 bits per heavy atom. The average molecular weight is 451 g/mol. The molecular formula is C29H26N2O3. The molecule has 0 fully saturated rings. The van der Waals surface area contributed by atoms with Gasteiger partial charge >= 0.3 is 5.97 Å². The van der Waals surface area contributed by atoms with Gasteiger partial charge in [0.25, 0.3) is 0 Å². The predicted octanol–water partition coefficient (Wildman–Crippen LogP) is 6.54. The van der Waals surface area contributed by atoms with Gasteiger partial charge in [-0.1, -0.05) is 59.8 Å². The van der Waals surface area contributed by atoms with Crippen molar-refractivity contribution in [3.8, 4) is 22.3 Å². The second kappa shape index (κ2) is 10.1. The van der Waals surface area contributed by atoms with Gasteiger partial charge in [-0.05, 0) is 84.3 Å². The molecule has 0 saturated heterocycles. The Kier molecular flexibility index (Phi) is 6.83. The summed E-state index contributed by atoms with van der Waals surface area (Å²) in [5, 5.41) is 22.5. The van der Waals surface area contributed by atoms with Crippen molar-refractivity contribution in [2.75, 3.05) is 0 Å². The molecule has 1 aromatic heterocycles. The van der Waals surface area contributed by atoms with Crippen molar-refractivity contribution in [2.45, 2.75) is 26.7 Å². The fourth-order valence-electron chi connectivity index (χ4n) is 4.14. The first kappa shape index (κ1) is 22.9. The summed E-state index contributed by atoms with van der Waals surface area (Å²) in [4.78, 5) is 15.3. The molecule has 0 saturated carbocycles. The lowest BCUT2D eigenvalue weighted by molar-refractivity contribution is 0.0697. The molecule has 0 amide bonds. The zero-order valence-corrected chi connectivity index (χ0v) is 19.2. The number of oxime groups is 1. The average Bonchev–Trinajstić information content (AvgIpc) is 2.85. The smallest absolute Gasteiger partial charge is 0.335 e. The van der Waals surface area contributed by atoms with Crippen LogP contribution in [0.3, 0.4) is 0 Å². The first-order valence-corrected chi connectivity index (χ1v) is 11.1. The number of aryl methyl sites for hydroxylation is 2. The number of pyridine rings is 1. The van der Waals surface area contributed by atoms with E-state index >= 15 is 0 Å². The highest BCUT2D eigenvalue weighted by atomic mass is 16.4. The number of benzene rings is 3. The highest BCUT2D eigenvalue weighted by Crippen LogP contribution is 2.27. The topological polar surface area (TPSA) is 82.8 Å². The summed E-state index contributed by atoms with van der Waals surface area (Å²) in [6.45, 7) is 4.02. The third kappa shape index (κ3) is 5.04. The molecule has 5 heteroatoms. The Hall–Kier alpha value is -4.25. The summed E-state index contributed by atoms with van der Waals surface area (Å²) in [5.41, 5.74) is 9.20. The molecular weight excluding hydrogens is 424 g/mol. The van der Waals surface area contributed by atoms with Gasteiger partial charge in [0.1, 0.15) is 0 Å². The third-order valence-corrected chi connectivity index (χ3v) is 6.04. The number of hydrogen-bond acceptors (Lipinski definition) is 4. The third-order valence-electron chi connectivity index (χ3n) is 6.04. The van der Waals surface area contributed by atoms with E-state index in [9.17, 15) is 10.0 Å². The number of nitrogens with zero attached hydrogens (tertiary/aromatic N) is 2. The zero-order valence-electron chi connectivity index (χ0n) is 19.2. The molecule has 0 spiro atoms. The molecule has 0 aliphatic carbocycles. The number of carbonyl (C=O) groups is 1. The minimum absolute atomic E-state index is 0.273. The van der Waals surface area contributed by atoms with Crippen LogP contribution in [0.4, 0.5) is 0 Å². The molecule has 1 heterocycles. The Morgan fingerprint density at radius 2 is 1.56 bits per heavy atom.